The van der Waals surface area contributed by atoms with Gasteiger partial charge in [0.2, 0.25) is 11.7 Å². The van der Waals surface area contributed by atoms with E-state index in [9.17, 15) is 14.9 Å². The molecule has 0 atom stereocenters. The third-order valence-corrected chi connectivity index (χ3v) is 2.08. The monoisotopic (exact) mass is 252 g/mol. The molecule has 18 heavy (non-hydrogen) atoms. The second-order valence-corrected chi connectivity index (χ2v) is 4.15. The summed E-state index contributed by atoms with van der Waals surface area (Å²) in [4.78, 5) is 25.7. The summed E-state index contributed by atoms with van der Waals surface area (Å²) in [5.41, 5.74) is 0.505. The average molecular weight is 252 g/mol. The van der Waals surface area contributed by atoms with Crippen LogP contribution in [0.2, 0.25) is 0 Å². The molecule has 1 aromatic rings. The van der Waals surface area contributed by atoms with E-state index in [2.05, 4.69) is 15.6 Å². The van der Waals surface area contributed by atoms with Crippen LogP contribution in [0.4, 0.5) is 11.5 Å². The number of nitrogens with one attached hydrogen (secondary N) is 2. The van der Waals surface area contributed by atoms with E-state index in [4.69, 9.17) is 0 Å². The van der Waals surface area contributed by atoms with Crippen LogP contribution in [0, 0.1) is 17.0 Å². The molecule has 1 amide bonds. The lowest BCUT2D eigenvalue weighted by Gasteiger charge is -2.10. The highest BCUT2D eigenvalue weighted by molar-refractivity contribution is 5.81. The van der Waals surface area contributed by atoms with E-state index in [1.54, 1.807) is 13.0 Å². The lowest BCUT2D eigenvalue weighted by Crippen LogP contribution is -2.35. The second kappa shape index (κ2) is 5.95. The predicted molar refractivity (Wildman–Crippen MR) is 67.4 cm³/mol. The van der Waals surface area contributed by atoms with E-state index in [0.717, 1.165) is 0 Å². The Hall–Kier alpha value is -2.18. The fraction of sp³-hybridized carbons (Fsp3) is 0.455. The molecular weight excluding hydrogens is 236 g/mol. The summed E-state index contributed by atoms with van der Waals surface area (Å²) in [6, 6.07) is 2.95. The Morgan fingerprint density at radius 2 is 2.17 bits per heavy atom. The molecular formula is C11H16N4O3. The van der Waals surface area contributed by atoms with E-state index >= 15 is 0 Å². The number of hydrogen-bond acceptors (Lipinski definition) is 5. The Morgan fingerprint density at radius 3 is 2.72 bits per heavy atom. The summed E-state index contributed by atoms with van der Waals surface area (Å²) in [6.07, 6.45) is 0. The molecule has 1 aromatic heterocycles. The van der Waals surface area contributed by atoms with Gasteiger partial charge in [0.1, 0.15) is 0 Å². The number of rotatable bonds is 5. The van der Waals surface area contributed by atoms with Crippen LogP contribution in [-0.2, 0) is 4.79 Å². The molecule has 0 aromatic carbocycles. The van der Waals surface area contributed by atoms with Gasteiger partial charge in [-0.3, -0.25) is 14.9 Å². The molecule has 7 heteroatoms. The molecule has 0 aliphatic heterocycles. The zero-order chi connectivity index (χ0) is 13.7. The van der Waals surface area contributed by atoms with Crippen molar-refractivity contribution in [2.75, 3.05) is 11.9 Å². The fourth-order valence-electron chi connectivity index (χ4n) is 1.36. The van der Waals surface area contributed by atoms with Crippen LogP contribution in [0.3, 0.4) is 0 Å². The molecule has 0 bridgehead atoms. The number of carbonyl (C=O) groups excluding carboxylic acids is 1. The number of nitrogens with zero attached hydrogens (tertiary/aromatic N) is 2. The van der Waals surface area contributed by atoms with Crippen LogP contribution in [0.25, 0.3) is 0 Å². The van der Waals surface area contributed by atoms with Gasteiger partial charge in [-0.1, -0.05) is 0 Å². The third kappa shape index (κ3) is 4.00. The fourth-order valence-corrected chi connectivity index (χ4v) is 1.36. The van der Waals surface area contributed by atoms with Crippen LogP contribution in [0.1, 0.15) is 19.5 Å². The first-order chi connectivity index (χ1) is 8.40. The molecule has 0 unspecified atom stereocenters. The Bertz CT molecular complexity index is 460. The molecule has 7 nitrogen and oxygen atoms in total. The third-order valence-electron chi connectivity index (χ3n) is 2.08. The molecule has 0 radical (unpaired) electrons. The first-order valence-electron chi connectivity index (χ1n) is 5.55. The summed E-state index contributed by atoms with van der Waals surface area (Å²) in [6.45, 7) is 5.36. The second-order valence-electron chi connectivity index (χ2n) is 4.15. The van der Waals surface area contributed by atoms with Gasteiger partial charge in [0.25, 0.3) is 0 Å². The molecule has 1 rings (SSSR count). The zero-order valence-corrected chi connectivity index (χ0v) is 10.6. The van der Waals surface area contributed by atoms with Crippen molar-refractivity contribution in [3.8, 4) is 0 Å². The number of aromatic nitrogens is 1. The minimum Gasteiger partial charge on any atom is -0.355 e. The summed E-state index contributed by atoms with van der Waals surface area (Å²) in [7, 11) is 0. The molecule has 98 valence electrons. The van der Waals surface area contributed by atoms with Crippen molar-refractivity contribution in [2.45, 2.75) is 26.8 Å². The molecule has 0 saturated heterocycles. The van der Waals surface area contributed by atoms with Crippen molar-refractivity contribution in [1.29, 1.82) is 0 Å². The number of anilines is 1. The first-order valence-corrected chi connectivity index (χ1v) is 5.55. The normalized spacial score (nSPS) is 10.2. The number of nitro groups is 1. The summed E-state index contributed by atoms with van der Waals surface area (Å²) in [5, 5.41) is 16.1. The largest absolute Gasteiger partial charge is 0.355 e. The van der Waals surface area contributed by atoms with E-state index in [-0.39, 0.29) is 30.0 Å². The van der Waals surface area contributed by atoms with Crippen molar-refractivity contribution in [1.82, 2.24) is 10.3 Å². The van der Waals surface area contributed by atoms with Gasteiger partial charge in [0, 0.05) is 17.8 Å². The van der Waals surface area contributed by atoms with Crippen LogP contribution in [0.5, 0.6) is 0 Å². The van der Waals surface area contributed by atoms with Gasteiger partial charge in [-0.2, -0.15) is 0 Å². The molecule has 0 fully saturated rings. The molecule has 0 saturated carbocycles. The van der Waals surface area contributed by atoms with E-state index in [1.807, 2.05) is 13.8 Å². The number of aryl methyl sites for hydroxylation is 1. The molecule has 0 aliphatic rings. The van der Waals surface area contributed by atoms with E-state index < -0.39 is 4.92 Å². The maximum absolute atomic E-state index is 11.4. The number of hydrogen-bond donors (Lipinski definition) is 2. The molecule has 0 spiro atoms. The molecule has 2 N–H and O–H groups in total. The van der Waals surface area contributed by atoms with Gasteiger partial charge in [-0.05, 0) is 26.8 Å². The Labute approximate surface area is 105 Å². The SMILES string of the molecule is Cc1ccc([N+](=O)[O-])c(NCC(=O)NC(C)C)n1. The zero-order valence-electron chi connectivity index (χ0n) is 10.6. The summed E-state index contributed by atoms with van der Waals surface area (Å²) >= 11 is 0. The van der Waals surface area contributed by atoms with Crippen molar-refractivity contribution < 1.29 is 9.72 Å². The Balaban J connectivity index is 2.74. The predicted octanol–water partition coefficient (Wildman–Crippen LogP) is 1.23. The van der Waals surface area contributed by atoms with Crippen LogP contribution in [0.15, 0.2) is 12.1 Å². The minimum absolute atomic E-state index is 0.0276. The van der Waals surface area contributed by atoms with Crippen LogP contribution < -0.4 is 10.6 Å². The molecule has 0 aliphatic carbocycles. The quantitative estimate of drug-likeness (QED) is 0.607. The highest BCUT2D eigenvalue weighted by Gasteiger charge is 2.15. The first kappa shape index (κ1) is 13.9. The summed E-state index contributed by atoms with van der Waals surface area (Å²) < 4.78 is 0. The van der Waals surface area contributed by atoms with Crippen LogP contribution in [-0.4, -0.2) is 28.4 Å². The number of carbonyl (C=O) groups is 1. The topological polar surface area (TPSA) is 97.2 Å². The van der Waals surface area contributed by atoms with Gasteiger partial charge in [-0.15, -0.1) is 0 Å². The van der Waals surface area contributed by atoms with Gasteiger partial charge < -0.3 is 10.6 Å². The smallest absolute Gasteiger partial charge is 0.311 e. The minimum atomic E-state index is -0.533. The van der Waals surface area contributed by atoms with Crippen molar-refractivity contribution >= 4 is 17.4 Å². The van der Waals surface area contributed by atoms with Gasteiger partial charge >= 0.3 is 5.69 Å². The van der Waals surface area contributed by atoms with Crippen molar-refractivity contribution in [3.05, 3.63) is 27.9 Å². The lowest BCUT2D eigenvalue weighted by molar-refractivity contribution is -0.384. The van der Waals surface area contributed by atoms with Gasteiger partial charge in [-0.25, -0.2) is 4.98 Å². The number of amides is 1. The lowest BCUT2D eigenvalue weighted by atomic mass is 10.3. The van der Waals surface area contributed by atoms with Gasteiger partial charge in [0.15, 0.2) is 0 Å². The Morgan fingerprint density at radius 1 is 1.50 bits per heavy atom. The highest BCUT2D eigenvalue weighted by Crippen LogP contribution is 2.21. The van der Waals surface area contributed by atoms with Crippen molar-refractivity contribution in [2.24, 2.45) is 0 Å². The van der Waals surface area contributed by atoms with E-state index in [0.29, 0.717) is 5.69 Å². The Kier molecular flexibility index (Phi) is 4.59. The maximum Gasteiger partial charge on any atom is 0.311 e. The van der Waals surface area contributed by atoms with Crippen molar-refractivity contribution in [3.63, 3.8) is 0 Å². The molecule has 1 heterocycles. The van der Waals surface area contributed by atoms with Gasteiger partial charge in [0.05, 0.1) is 11.5 Å². The van der Waals surface area contributed by atoms with Crippen LogP contribution >= 0.6 is 0 Å². The maximum atomic E-state index is 11.4. The standard InChI is InChI=1S/C11H16N4O3/c1-7(2)13-10(16)6-12-11-9(15(17)18)5-4-8(3)14-11/h4-5,7H,6H2,1-3H3,(H,12,14)(H,13,16). The number of pyridine rings is 1. The average Bonchev–Trinajstić information content (AvgIpc) is 2.25. The van der Waals surface area contributed by atoms with E-state index in [1.165, 1.54) is 6.07 Å². The summed E-state index contributed by atoms with van der Waals surface area (Å²) in [5.74, 6) is -0.124. The highest BCUT2D eigenvalue weighted by atomic mass is 16.6.